The molecule has 24 heavy (non-hydrogen) atoms. The van der Waals surface area contributed by atoms with E-state index in [1.54, 1.807) is 47.2 Å². The second-order valence-electron chi connectivity index (χ2n) is 5.83. The molecule has 0 radical (unpaired) electrons. The van der Waals surface area contributed by atoms with Crippen LogP contribution in [0, 0.1) is 5.92 Å². The second-order valence-corrected chi connectivity index (χ2v) is 5.83. The van der Waals surface area contributed by atoms with Gasteiger partial charge in [0.05, 0.1) is 17.8 Å². The van der Waals surface area contributed by atoms with Gasteiger partial charge in [-0.25, -0.2) is 0 Å². The molecule has 8 heteroatoms. The van der Waals surface area contributed by atoms with Gasteiger partial charge >= 0.3 is 0 Å². The predicted molar refractivity (Wildman–Crippen MR) is 84.9 cm³/mol. The van der Waals surface area contributed by atoms with Crippen molar-refractivity contribution in [1.29, 1.82) is 0 Å². The van der Waals surface area contributed by atoms with E-state index in [2.05, 4.69) is 10.4 Å². The average Bonchev–Trinajstić information content (AvgIpc) is 3.26. The van der Waals surface area contributed by atoms with E-state index in [1.165, 1.54) is 0 Å². The molecule has 124 valence electrons. The maximum Gasteiger partial charge on any atom is 0.231 e. The van der Waals surface area contributed by atoms with Crippen molar-refractivity contribution < 1.29 is 19.1 Å². The molecule has 1 aromatic carbocycles. The van der Waals surface area contributed by atoms with E-state index >= 15 is 0 Å². The van der Waals surface area contributed by atoms with Gasteiger partial charge in [-0.15, -0.1) is 0 Å². The number of hydrogen-bond acceptors (Lipinski definition) is 5. The fourth-order valence-corrected chi connectivity index (χ4v) is 2.92. The van der Waals surface area contributed by atoms with Crippen molar-refractivity contribution in [3.63, 3.8) is 0 Å². The van der Waals surface area contributed by atoms with Crippen LogP contribution >= 0.6 is 0 Å². The molecule has 2 aliphatic rings. The lowest BCUT2D eigenvalue weighted by atomic mass is 10.1. The van der Waals surface area contributed by atoms with Crippen LogP contribution in [0.5, 0.6) is 11.5 Å². The minimum absolute atomic E-state index is 0.0831. The van der Waals surface area contributed by atoms with Gasteiger partial charge in [0, 0.05) is 38.0 Å². The largest absolute Gasteiger partial charge is 0.454 e. The van der Waals surface area contributed by atoms with Crippen LogP contribution in [-0.2, 0) is 16.6 Å². The minimum Gasteiger partial charge on any atom is -0.454 e. The molecule has 0 saturated carbocycles. The van der Waals surface area contributed by atoms with Crippen LogP contribution in [0.3, 0.4) is 0 Å². The number of nitrogens with one attached hydrogen (secondary N) is 1. The molecule has 1 fully saturated rings. The van der Waals surface area contributed by atoms with Crippen molar-refractivity contribution in [3.05, 3.63) is 30.6 Å². The zero-order valence-corrected chi connectivity index (χ0v) is 13.1. The summed E-state index contributed by atoms with van der Waals surface area (Å²) in [5, 5.41) is 6.80. The zero-order valence-electron chi connectivity index (χ0n) is 13.1. The number of ether oxygens (including phenoxy) is 2. The van der Waals surface area contributed by atoms with Gasteiger partial charge in [0.1, 0.15) is 0 Å². The molecule has 0 spiro atoms. The summed E-state index contributed by atoms with van der Waals surface area (Å²) in [5.74, 6) is 0.614. The fourth-order valence-electron chi connectivity index (χ4n) is 2.92. The highest BCUT2D eigenvalue weighted by atomic mass is 16.7. The Labute approximate surface area is 137 Å². The van der Waals surface area contributed by atoms with Crippen molar-refractivity contribution >= 4 is 23.2 Å². The molecule has 8 nitrogen and oxygen atoms in total. The molecule has 0 aliphatic carbocycles. The smallest absolute Gasteiger partial charge is 0.231 e. The Morgan fingerprint density at radius 1 is 1.33 bits per heavy atom. The van der Waals surface area contributed by atoms with Crippen molar-refractivity contribution in [2.24, 2.45) is 13.0 Å². The van der Waals surface area contributed by atoms with Gasteiger partial charge in [0.15, 0.2) is 11.5 Å². The second kappa shape index (κ2) is 5.55. The predicted octanol–water partition coefficient (Wildman–Crippen LogP) is 1.14. The van der Waals surface area contributed by atoms with Crippen LogP contribution in [0.4, 0.5) is 11.4 Å². The summed E-state index contributed by atoms with van der Waals surface area (Å²) in [5.41, 5.74) is 1.33. The minimum atomic E-state index is -0.400. The molecule has 2 aromatic rings. The summed E-state index contributed by atoms with van der Waals surface area (Å²) < 4.78 is 12.2. The fraction of sp³-hybridized carbons (Fsp3) is 0.312. The monoisotopic (exact) mass is 328 g/mol. The third-order valence-electron chi connectivity index (χ3n) is 4.14. The zero-order chi connectivity index (χ0) is 16.7. The van der Waals surface area contributed by atoms with Crippen LogP contribution in [0.25, 0.3) is 0 Å². The lowest BCUT2D eigenvalue weighted by Gasteiger charge is -2.17. The Kier molecular flexibility index (Phi) is 3.37. The van der Waals surface area contributed by atoms with E-state index in [1.807, 2.05) is 0 Å². The molecule has 1 N–H and O–H groups in total. The molecule has 2 amide bonds. The van der Waals surface area contributed by atoms with Crippen molar-refractivity contribution in [2.75, 3.05) is 23.6 Å². The normalized spacial score (nSPS) is 19.0. The summed E-state index contributed by atoms with van der Waals surface area (Å²) >= 11 is 0. The van der Waals surface area contributed by atoms with Crippen LogP contribution in [0.1, 0.15) is 6.42 Å². The van der Waals surface area contributed by atoms with Gasteiger partial charge in [-0.05, 0) is 12.1 Å². The molecule has 1 aromatic heterocycles. The maximum absolute atomic E-state index is 12.4. The number of hydrogen-bond donors (Lipinski definition) is 1. The van der Waals surface area contributed by atoms with Gasteiger partial charge in [-0.2, -0.15) is 5.10 Å². The number of carbonyl (C=O) groups excluding carboxylic acids is 2. The summed E-state index contributed by atoms with van der Waals surface area (Å²) in [6.45, 7) is 0.521. The molecule has 0 unspecified atom stereocenters. The first-order chi connectivity index (χ1) is 11.6. The van der Waals surface area contributed by atoms with Crippen LogP contribution in [0.2, 0.25) is 0 Å². The van der Waals surface area contributed by atoms with Crippen molar-refractivity contribution in [3.8, 4) is 11.5 Å². The maximum atomic E-state index is 12.4. The Morgan fingerprint density at radius 3 is 2.96 bits per heavy atom. The number of aromatic nitrogens is 2. The van der Waals surface area contributed by atoms with E-state index in [0.717, 1.165) is 0 Å². The van der Waals surface area contributed by atoms with Gasteiger partial charge in [-0.3, -0.25) is 14.3 Å². The van der Waals surface area contributed by atoms with Crippen LogP contribution < -0.4 is 19.7 Å². The summed E-state index contributed by atoms with van der Waals surface area (Å²) in [7, 11) is 1.77. The third kappa shape index (κ3) is 2.55. The summed E-state index contributed by atoms with van der Waals surface area (Å²) in [6.07, 6.45) is 3.47. The van der Waals surface area contributed by atoms with Crippen molar-refractivity contribution in [2.45, 2.75) is 6.42 Å². The molecule has 3 heterocycles. The van der Waals surface area contributed by atoms with E-state index in [-0.39, 0.29) is 25.0 Å². The van der Waals surface area contributed by atoms with Gasteiger partial charge in [0.25, 0.3) is 0 Å². The summed E-state index contributed by atoms with van der Waals surface area (Å²) in [4.78, 5) is 26.3. The standard InChI is InChI=1S/C16H16N4O4/c1-19-8-11(6-17-19)18-16(22)10-4-15(21)20(7-10)12-2-3-13-14(5-12)24-9-23-13/h2-3,5-6,8,10H,4,7,9H2,1H3,(H,18,22)/t10-/m0/s1. The highest BCUT2D eigenvalue weighted by Gasteiger charge is 2.35. The quantitative estimate of drug-likeness (QED) is 0.913. The first-order valence-electron chi connectivity index (χ1n) is 7.60. The Hall–Kier alpha value is -3.03. The number of carbonyl (C=O) groups is 2. The number of benzene rings is 1. The van der Waals surface area contributed by atoms with Gasteiger partial charge in [-0.1, -0.05) is 0 Å². The number of aryl methyl sites for hydroxylation is 1. The highest BCUT2D eigenvalue weighted by molar-refractivity contribution is 6.03. The van der Waals surface area contributed by atoms with Gasteiger partial charge < -0.3 is 19.7 Å². The number of anilines is 2. The number of rotatable bonds is 3. The van der Waals surface area contributed by atoms with E-state index in [9.17, 15) is 9.59 Å². The first-order valence-corrected chi connectivity index (χ1v) is 7.60. The number of amides is 2. The van der Waals surface area contributed by atoms with E-state index < -0.39 is 5.92 Å². The molecule has 0 bridgehead atoms. The molecule has 2 aliphatic heterocycles. The molecule has 1 saturated heterocycles. The SMILES string of the molecule is Cn1cc(NC(=O)[C@H]2CC(=O)N(c3ccc4c(c3)OCO4)C2)cn1. The Balaban J connectivity index is 1.47. The average molecular weight is 328 g/mol. The van der Waals surface area contributed by atoms with Gasteiger partial charge in [0.2, 0.25) is 18.6 Å². The topological polar surface area (TPSA) is 85.7 Å². The number of fused-ring (bicyclic) bond motifs is 1. The van der Waals surface area contributed by atoms with Crippen LogP contribution in [0.15, 0.2) is 30.6 Å². The Morgan fingerprint density at radius 2 is 2.17 bits per heavy atom. The lowest BCUT2D eigenvalue weighted by molar-refractivity contribution is -0.122. The molecule has 1 atom stereocenters. The van der Waals surface area contributed by atoms with Crippen molar-refractivity contribution in [1.82, 2.24) is 9.78 Å². The Bertz CT molecular complexity index is 816. The van der Waals surface area contributed by atoms with E-state index in [4.69, 9.17) is 9.47 Å². The molecular weight excluding hydrogens is 312 g/mol. The highest BCUT2D eigenvalue weighted by Crippen LogP contribution is 2.37. The first kappa shape index (κ1) is 14.6. The number of nitrogens with zero attached hydrogens (tertiary/aromatic N) is 3. The van der Waals surface area contributed by atoms with E-state index in [0.29, 0.717) is 29.4 Å². The van der Waals surface area contributed by atoms with Crippen LogP contribution in [-0.4, -0.2) is 34.9 Å². The molecule has 4 rings (SSSR count). The molecular formula is C16H16N4O4. The third-order valence-corrected chi connectivity index (χ3v) is 4.14. The summed E-state index contributed by atoms with van der Waals surface area (Å²) in [6, 6.07) is 5.34. The lowest BCUT2D eigenvalue weighted by Crippen LogP contribution is -2.28.